The van der Waals surface area contributed by atoms with E-state index >= 15 is 0 Å². The van der Waals surface area contributed by atoms with Crippen molar-refractivity contribution in [2.24, 2.45) is 5.92 Å². The van der Waals surface area contributed by atoms with E-state index in [0.29, 0.717) is 6.04 Å². The van der Waals surface area contributed by atoms with Crippen molar-refractivity contribution < 1.29 is 0 Å². The van der Waals surface area contributed by atoms with Crippen molar-refractivity contribution in [1.82, 2.24) is 9.55 Å². The number of hydrogen-bond donors (Lipinski definition) is 1. The summed E-state index contributed by atoms with van der Waals surface area (Å²) in [5.74, 6) is 1.89. The maximum absolute atomic E-state index is 4.61. The Morgan fingerprint density at radius 1 is 1.32 bits per heavy atom. The van der Waals surface area contributed by atoms with Crippen LogP contribution in [0.3, 0.4) is 0 Å². The highest BCUT2D eigenvalue weighted by Gasteiger charge is 2.24. The Morgan fingerprint density at radius 2 is 2.05 bits per heavy atom. The van der Waals surface area contributed by atoms with E-state index in [1.54, 1.807) is 0 Å². The summed E-state index contributed by atoms with van der Waals surface area (Å²) >= 11 is 0. The zero-order chi connectivity index (χ0) is 13.2. The SMILES string of the molecule is Cc1cn(-c2ccccc2)c(NC(C)CC2CC2)n1. The van der Waals surface area contributed by atoms with Crippen molar-refractivity contribution in [3.8, 4) is 5.69 Å². The van der Waals surface area contributed by atoms with Gasteiger partial charge >= 0.3 is 0 Å². The molecular weight excluding hydrogens is 234 g/mol. The van der Waals surface area contributed by atoms with Gasteiger partial charge in [0.25, 0.3) is 0 Å². The van der Waals surface area contributed by atoms with Gasteiger partial charge in [0.15, 0.2) is 0 Å². The molecule has 1 atom stereocenters. The lowest BCUT2D eigenvalue weighted by Gasteiger charge is -2.15. The van der Waals surface area contributed by atoms with Gasteiger partial charge in [-0.2, -0.15) is 0 Å². The van der Waals surface area contributed by atoms with Crippen LogP contribution in [0.15, 0.2) is 36.5 Å². The summed E-state index contributed by atoms with van der Waals surface area (Å²) in [6.45, 7) is 4.29. The minimum atomic E-state index is 0.483. The Balaban J connectivity index is 1.80. The first-order valence-corrected chi connectivity index (χ1v) is 7.10. The van der Waals surface area contributed by atoms with Crippen LogP contribution < -0.4 is 5.32 Å². The molecule has 0 amide bonds. The fraction of sp³-hybridized carbons (Fsp3) is 0.438. The minimum Gasteiger partial charge on any atom is -0.353 e. The van der Waals surface area contributed by atoms with Gasteiger partial charge in [0.1, 0.15) is 0 Å². The predicted molar refractivity (Wildman–Crippen MR) is 78.7 cm³/mol. The van der Waals surface area contributed by atoms with Crippen molar-refractivity contribution in [3.05, 3.63) is 42.2 Å². The minimum absolute atomic E-state index is 0.483. The number of rotatable bonds is 5. The number of anilines is 1. The van der Waals surface area contributed by atoms with Gasteiger partial charge in [0.05, 0.1) is 5.69 Å². The number of para-hydroxylation sites is 1. The van der Waals surface area contributed by atoms with Gasteiger partial charge in [-0.3, -0.25) is 4.57 Å². The molecule has 1 aliphatic rings. The second-order valence-corrected chi connectivity index (χ2v) is 5.64. The van der Waals surface area contributed by atoms with Gasteiger partial charge in [-0.15, -0.1) is 0 Å². The van der Waals surface area contributed by atoms with Crippen LogP contribution in [-0.4, -0.2) is 15.6 Å². The van der Waals surface area contributed by atoms with Gasteiger partial charge in [-0.05, 0) is 38.3 Å². The molecule has 1 fully saturated rings. The molecule has 0 spiro atoms. The summed E-state index contributed by atoms with van der Waals surface area (Å²) in [6, 6.07) is 10.9. The molecule has 1 saturated carbocycles. The van der Waals surface area contributed by atoms with Crippen LogP contribution in [0.2, 0.25) is 0 Å². The number of aromatic nitrogens is 2. The molecule has 19 heavy (non-hydrogen) atoms. The summed E-state index contributed by atoms with van der Waals surface area (Å²) < 4.78 is 2.14. The van der Waals surface area contributed by atoms with E-state index in [4.69, 9.17) is 0 Å². The molecule has 1 heterocycles. The van der Waals surface area contributed by atoms with Crippen LogP contribution in [0.25, 0.3) is 5.69 Å². The highest BCUT2D eigenvalue weighted by Crippen LogP contribution is 2.34. The maximum Gasteiger partial charge on any atom is 0.207 e. The second-order valence-electron chi connectivity index (χ2n) is 5.64. The first-order valence-electron chi connectivity index (χ1n) is 7.10. The molecule has 100 valence electrons. The molecule has 0 saturated heterocycles. The van der Waals surface area contributed by atoms with Gasteiger partial charge < -0.3 is 5.32 Å². The molecule has 3 nitrogen and oxygen atoms in total. The Morgan fingerprint density at radius 3 is 2.74 bits per heavy atom. The van der Waals surface area contributed by atoms with Crippen LogP contribution in [0.4, 0.5) is 5.95 Å². The molecule has 1 aromatic heterocycles. The molecule has 1 N–H and O–H groups in total. The average Bonchev–Trinajstić information content (AvgIpc) is 3.13. The highest BCUT2D eigenvalue weighted by atomic mass is 15.2. The Bertz CT molecular complexity index is 540. The van der Waals surface area contributed by atoms with E-state index in [0.717, 1.165) is 23.2 Å². The van der Waals surface area contributed by atoms with Crippen LogP contribution in [-0.2, 0) is 0 Å². The van der Waals surface area contributed by atoms with E-state index in [1.165, 1.54) is 19.3 Å². The monoisotopic (exact) mass is 255 g/mol. The number of benzene rings is 1. The van der Waals surface area contributed by atoms with Crippen molar-refractivity contribution in [2.75, 3.05) is 5.32 Å². The molecule has 1 aromatic carbocycles. The topological polar surface area (TPSA) is 29.9 Å². The van der Waals surface area contributed by atoms with E-state index in [9.17, 15) is 0 Å². The van der Waals surface area contributed by atoms with Crippen molar-refractivity contribution >= 4 is 5.95 Å². The molecule has 3 heteroatoms. The molecular formula is C16H21N3. The highest BCUT2D eigenvalue weighted by molar-refractivity contribution is 5.43. The zero-order valence-corrected chi connectivity index (χ0v) is 11.6. The lowest BCUT2D eigenvalue weighted by molar-refractivity contribution is 0.636. The van der Waals surface area contributed by atoms with Crippen molar-refractivity contribution in [1.29, 1.82) is 0 Å². The predicted octanol–water partition coefficient (Wildman–Crippen LogP) is 3.78. The summed E-state index contributed by atoms with van der Waals surface area (Å²) in [7, 11) is 0. The van der Waals surface area contributed by atoms with Crippen LogP contribution >= 0.6 is 0 Å². The third-order valence-corrected chi connectivity index (χ3v) is 3.62. The summed E-state index contributed by atoms with van der Waals surface area (Å²) in [5.41, 5.74) is 2.20. The van der Waals surface area contributed by atoms with Gasteiger partial charge in [-0.25, -0.2) is 4.98 Å². The van der Waals surface area contributed by atoms with Crippen LogP contribution in [0.5, 0.6) is 0 Å². The summed E-state index contributed by atoms with van der Waals surface area (Å²) in [5, 5.41) is 3.55. The molecule has 0 aliphatic heterocycles. The third-order valence-electron chi connectivity index (χ3n) is 3.62. The van der Waals surface area contributed by atoms with Crippen molar-refractivity contribution in [2.45, 2.75) is 39.2 Å². The van der Waals surface area contributed by atoms with E-state index in [-0.39, 0.29) is 0 Å². The molecule has 0 radical (unpaired) electrons. The largest absolute Gasteiger partial charge is 0.353 e. The zero-order valence-electron chi connectivity index (χ0n) is 11.6. The number of nitrogens with one attached hydrogen (secondary N) is 1. The normalized spacial score (nSPS) is 16.3. The third kappa shape index (κ3) is 2.98. The van der Waals surface area contributed by atoms with E-state index in [2.05, 4.69) is 52.3 Å². The average molecular weight is 255 g/mol. The van der Waals surface area contributed by atoms with Gasteiger partial charge in [0.2, 0.25) is 5.95 Å². The molecule has 3 rings (SSSR count). The Kier molecular flexibility index (Phi) is 3.28. The standard InChI is InChI=1S/C16H21N3/c1-12(10-14-8-9-14)17-16-18-13(2)11-19(16)15-6-4-3-5-7-15/h3-7,11-12,14H,8-10H2,1-2H3,(H,17,18). The number of imidazole rings is 1. The number of nitrogens with zero attached hydrogens (tertiary/aromatic N) is 2. The molecule has 2 aromatic rings. The molecule has 1 unspecified atom stereocenters. The lowest BCUT2D eigenvalue weighted by atomic mass is 10.2. The quantitative estimate of drug-likeness (QED) is 0.881. The van der Waals surface area contributed by atoms with E-state index < -0.39 is 0 Å². The smallest absolute Gasteiger partial charge is 0.207 e. The maximum atomic E-state index is 4.61. The van der Waals surface area contributed by atoms with Crippen LogP contribution in [0, 0.1) is 12.8 Å². The fourth-order valence-corrected chi connectivity index (χ4v) is 2.52. The lowest BCUT2D eigenvalue weighted by Crippen LogP contribution is -2.18. The van der Waals surface area contributed by atoms with Gasteiger partial charge in [0, 0.05) is 17.9 Å². The van der Waals surface area contributed by atoms with Gasteiger partial charge in [-0.1, -0.05) is 31.0 Å². The summed E-state index contributed by atoms with van der Waals surface area (Å²) in [4.78, 5) is 4.61. The second kappa shape index (κ2) is 5.08. The Labute approximate surface area is 114 Å². The van der Waals surface area contributed by atoms with Crippen molar-refractivity contribution in [3.63, 3.8) is 0 Å². The molecule has 1 aliphatic carbocycles. The number of hydrogen-bond acceptors (Lipinski definition) is 2. The first kappa shape index (κ1) is 12.3. The molecule has 0 bridgehead atoms. The van der Waals surface area contributed by atoms with Crippen LogP contribution in [0.1, 0.15) is 31.9 Å². The first-order chi connectivity index (χ1) is 9.22. The van der Waals surface area contributed by atoms with E-state index in [1.807, 2.05) is 13.0 Å². The summed E-state index contributed by atoms with van der Waals surface area (Å²) in [6.07, 6.45) is 6.14. The fourth-order valence-electron chi connectivity index (χ4n) is 2.52. The number of aryl methyl sites for hydroxylation is 1. The Hall–Kier alpha value is -1.77.